The molecule has 10 heteroatoms. The summed E-state index contributed by atoms with van der Waals surface area (Å²) in [6.07, 6.45) is 1.74. The average Bonchev–Trinajstić information content (AvgIpc) is 3.20. The van der Waals surface area contributed by atoms with Crippen molar-refractivity contribution in [1.29, 1.82) is 0 Å². The van der Waals surface area contributed by atoms with E-state index in [4.69, 9.17) is 32.8 Å². The van der Waals surface area contributed by atoms with E-state index in [0.717, 1.165) is 16.1 Å². The number of aryl methyl sites for hydroxylation is 1. The third-order valence-electron chi connectivity index (χ3n) is 4.30. The van der Waals surface area contributed by atoms with Gasteiger partial charge in [-0.2, -0.15) is 0 Å². The molecule has 0 atom stereocenters. The molecule has 152 valence electrons. The Morgan fingerprint density at radius 1 is 1.31 bits per heavy atom. The van der Waals surface area contributed by atoms with Crippen molar-refractivity contribution in [3.63, 3.8) is 0 Å². The smallest absolute Gasteiger partial charge is 0.350 e. The van der Waals surface area contributed by atoms with E-state index < -0.39 is 6.03 Å². The molecule has 5 N–H and O–H groups in total. The molecule has 0 aliphatic heterocycles. The molecule has 0 saturated heterocycles. The number of halogens is 1. The van der Waals surface area contributed by atoms with E-state index in [1.165, 1.54) is 0 Å². The molecule has 1 heterocycles. The van der Waals surface area contributed by atoms with Crippen molar-refractivity contribution in [1.82, 2.24) is 15.2 Å². The fourth-order valence-corrected chi connectivity index (χ4v) is 2.95. The largest absolute Gasteiger partial charge is 0.494 e. The number of ether oxygens (including phenoxy) is 2. The van der Waals surface area contributed by atoms with Crippen molar-refractivity contribution in [3.8, 4) is 17.3 Å². The molecular weight excluding hydrogens is 396 g/mol. The van der Waals surface area contributed by atoms with Gasteiger partial charge in [-0.25, -0.2) is 26.2 Å². The number of carbonyl (C=O) groups excluding carboxylic acids is 1. The van der Waals surface area contributed by atoms with Crippen molar-refractivity contribution in [2.24, 2.45) is 11.7 Å². The first-order chi connectivity index (χ1) is 13.9. The van der Waals surface area contributed by atoms with Crippen LogP contribution in [0, 0.1) is 6.92 Å². The van der Waals surface area contributed by atoms with Crippen LogP contribution in [0.3, 0.4) is 0 Å². The zero-order valence-electron chi connectivity index (χ0n) is 15.9. The van der Waals surface area contributed by atoms with Crippen LogP contribution in [0.15, 0.2) is 48.7 Å². The van der Waals surface area contributed by atoms with Gasteiger partial charge in [-0.05, 0) is 36.8 Å². The number of carbonyl (C=O) groups is 1. The number of amides is 2. The molecule has 29 heavy (non-hydrogen) atoms. The number of hydrazine groups is 2. The predicted octanol–water partition coefficient (Wildman–Crippen LogP) is 2.69. The molecule has 9 nitrogen and oxygen atoms in total. The number of benzene rings is 2. The number of methoxy groups -OCH3 is 1. The molecule has 0 spiro atoms. The minimum Gasteiger partial charge on any atom is -0.494 e. The van der Waals surface area contributed by atoms with E-state index in [-0.39, 0.29) is 6.61 Å². The Hall–Kier alpha value is -3.27. The van der Waals surface area contributed by atoms with Crippen LogP contribution < -0.4 is 31.6 Å². The molecule has 0 unspecified atom stereocenters. The summed E-state index contributed by atoms with van der Waals surface area (Å²) < 4.78 is 12.8. The summed E-state index contributed by atoms with van der Waals surface area (Å²) >= 11 is 6.09. The molecule has 3 rings (SSSR count). The van der Waals surface area contributed by atoms with E-state index in [1.54, 1.807) is 54.4 Å². The van der Waals surface area contributed by atoms with E-state index in [0.29, 0.717) is 28.0 Å². The van der Waals surface area contributed by atoms with Gasteiger partial charge in [0, 0.05) is 22.8 Å². The van der Waals surface area contributed by atoms with Gasteiger partial charge in [0.25, 0.3) is 0 Å². The zero-order chi connectivity index (χ0) is 21.0. The van der Waals surface area contributed by atoms with Gasteiger partial charge in [0.1, 0.15) is 18.0 Å². The Morgan fingerprint density at radius 2 is 2.10 bits per heavy atom. The van der Waals surface area contributed by atoms with Crippen LogP contribution in [0.4, 0.5) is 10.5 Å². The minimum atomic E-state index is -0.644. The molecule has 0 saturated carbocycles. The number of anilines is 1. The lowest BCUT2D eigenvalue weighted by Gasteiger charge is -2.20. The van der Waals surface area contributed by atoms with E-state index in [1.807, 2.05) is 18.4 Å². The molecule has 1 aromatic heterocycles. The molecule has 0 bridgehead atoms. The maximum atomic E-state index is 11.8. The molecule has 0 aliphatic rings. The number of nitrogens with one attached hydrogen (secondary N) is 1. The van der Waals surface area contributed by atoms with Crippen molar-refractivity contribution in [2.75, 3.05) is 12.1 Å². The molecular formula is C19H21ClN6O3. The van der Waals surface area contributed by atoms with E-state index in [2.05, 4.69) is 5.10 Å². The highest BCUT2D eigenvalue weighted by Crippen LogP contribution is 2.28. The summed E-state index contributed by atoms with van der Waals surface area (Å²) in [7, 11) is 1.57. The molecule has 0 aliphatic carbocycles. The van der Waals surface area contributed by atoms with Gasteiger partial charge in [-0.3, -0.25) is 5.43 Å². The number of aromatic nitrogens is 2. The molecule has 0 radical (unpaired) electrons. The van der Waals surface area contributed by atoms with E-state index >= 15 is 0 Å². The van der Waals surface area contributed by atoms with Crippen LogP contribution in [-0.4, -0.2) is 22.9 Å². The van der Waals surface area contributed by atoms with Crippen molar-refractivity contribution >= 4 is 23.3 Å². The van der Waals surface area contributed by atoms with Crippen LogP contribution in [0.2, 0.25) is 5.02 Å². The number of hydrogen-bond acceptors (Lipinski definition) is 6. The van der Waals surface area contributed by atoms with Crippen LogP contribution in [-0.2, 0) is 6.61 Å². The summed E-state index contributed by atoms with van der Waals surface area (Å²) in [4.78, 5) is 11.8. The van der Waals surface area contributed by atoms with Crippen molar-refractivity contribution in [2.45, 2.75) is 13.5 Å². The first kappa shape index (κ1) is 20.5. The highest BCUT2D eigenvalue weighted by Gasteiger charge is 2.17. The highest BCUT2D eigenvalue weighted by molar-refractivity contribution is 6.30. The Bertz CT molecular complexity index is 1020. The third kappa shape index (κ3) is 4.43. The lowest BCUT2D eigenvalue weighted by molar-refractivity contribution is 0.246. The summed E-state index contributed by atoms with van der Waals surface area (Å²) in [5, 5.41) is 5.90. The fourth-order valence-electron chi connectivity index (χ4n) is 2.79. The monoisotopic (exact) mass is 416 g/mol. The van der Waals surface area contributed by atoms with Crippen LogP contribution in [0.25, 0.3) is 5.69 Å². The van der Waals surface area contributed by atoms with Crippen LogP contribution >= 0.6 is 11.6 Å². The van der Waals surface area contributed by atoms with Gasteiger partial charge in [0.15, 0.2) is 0 Å². The van der Waals surface area contributed by atoms with Gasteiger partial charge >= 0.3 is 6.03 Å². The van der Waals surface area contributed by atoms with Gasteiger partial charge < -0.3 is 9.47 Å². The summed E-state index contributed by atoms with van der Waals surface area (Å²) in [5.74, 6) is 12.0. The molecule has 2 aromatic carbocycles. The first-order valence-electron chi connectivity index (χ1n) is 8.61. The topological polar surface area (TPSA) is 121 Å². The highest BCUT2D eigenvalue weighted by atomic mass is 35.5. The van der Waals surface area contributed by atoms with Crippen molar-refractivity contribution in [3.05, 3.63) is 64.8 Å². The third-order valence-corrected chi connectivity index (χ3v) is 4.54. The normalized spacial score (nSPS) is 10.5. The number of nitrogens with two attached hydrogens (primary N) is 2. The van der Waals surface area contributed by atoms with Gasteiger partial charge in [-0.15, -0.1) is 5.10 Å². The van der Waals surface area contributed by atoms with Crippen LogP contribution in [0.1, 0.15) is 11.1 Å². The Morgan fingerprint density at radius 3 is 2.83 bits per heavy atom. The summed E-state index contributed by atoms with van der Waals surface area (Å²) in [5.41, 5.74) is 4.79. The Balaban J connectivity index is 1.82. The van der Waals surface area contributed by atoms with Crippen molar-refractivity contribution < 1.29 is 14.3 Å². The fraction of sp³-hybridized carbons (Fsp3) is 0.158. The quantitative estimate of drug-likeness (QED) is 0.323. The molecule has 3 aromatic rings. The van der Waals surface area contributed by atoms with E-state index in [9.17, 15) is 4.79 Å². The average molecular weight is 417 g/mol. The Labute approximate surface area is 172 Å². The maximum absolute atomic E-state index is 11.8. The van der Waals surface area contributed by atoms with Gasteiger partial charge in [0.05, 0.1) is 12.8 Å². The number of rotatable bonds is 6. The van der Waals surface area contributed by atoms with Crippen LogP contribution in [0.5, 0.6) is 11.6 Å². The zero-order valence-corrected chi connectivity index (χ0v) is 16.7. The number of hydrogen-bond donors (Lipinski definition) is 3. The van der Waals surface area contributed by atoms with Gasteiger partial charge in [0.2, 0.25) is 5.88 Å². The molecule has 0 fully saturated rings. The number of nitrogens with zero attached hydrogens (tertiary/aromatic N) is 3. The maximum Gasteiger partial charge on any atom is 0.350 e. The standard InChI is InChI=1S/C19H21ClN6O3/c1-12-4-3-5-15(26(22)19(27)23-21)14(12)11-29-18-8-9-25(24-18)16-10-13(20)6-7-17(16)28-2/h3-10H,11,21-22H2,1-2H3,(H,23,27). The second-order valence-electron chi connectivity index (χ2n) is 6.10. The summed E-state index contributed by atoms with van der Waals surface area (Å²) in [6, 6.07) is 11.7. The Kier molecular flexibility index (Phi) is 6.23. The molecule has 2 amide bonds. The number of urea groups is 1. The predicted molar refractivity (Wildman–Crippen MR) is 110 cm³/mol. The SMILES string of the molecule is COc1ccc(Cl)cc1-n1ccc(OCc2c(C)cccc2N(N)C(=O)NN)n1. The lowest BCUT2D eigenvalue weighted by atomic mass is 10.1. The second kappa shape index (κ2) is 8.82. The first-order valence-corrected chi connectivity index (χ1v) is 8.98. The lowest BCUT2D eigenvalue weighted by Crippen LogP contribution is -2.48. The van der Waals surface area contributed by atoms with Gasteiger partial charge in [-0.1, -0.05) is 23.7 Å². The second-order valence-corrected chi connectivity index (χ2v) is 6.53. The summed E-state index contributed by atoms with van der Waals surface area (Å²) in [6.45, 7) is 2.04. The minimum absolute atomic E-state index is 0.150.